The van der Waals surface area contributed by atoms with Crippen molar-refractivity contribution in [3.05, 3.63) is 0 Å². The first kappa shape index (κ1) is 14.9. The summed E-state index contributed by atoms with van der Waals surface area (Å²) in [5, 5.41) is 2.79. The molecule has 104 valence electrons. The van der Waals surface area contributed by atoms with E-state index in [-0.39, 0.29) is 31.1 Å². The molecule has 0 aromatic carbocycles. The number of nitrogens with one attached hydrogen (secondary N) is 1. The molecule has 1 fully saturated rings. The number of ether oxygens (including phenoxy) is 1. The van der Waals surface area contributed by atoms with Crippen LogP contribution in [-0.2, 0) is 14.3 Å². The molecule has 6 nitrogen and oxygen atoms in total. The summed E-state index contributed by atoms with van der Waals surface area (Å²) in [4.78, 5) is 22.4. The van der Waals surface area contributed by atoms with Crippen molar-refractivity contribution >= 4 is 11.8 Å². The first-order valence-corrected chi connectivity index (χ1v) is 6.41. The van der Waals surface area contributed by atoms with Crippen LogP contribution in [0.1, 0.15) is 26.2 Å². The van der Waals surface area contributed by atoms with Gasteiger partial charge in [0.1, 0.15) is 6.61 Å². The van der Waals surface area contributed by atoms with Gasteiger partial charge in [-0.3, -0.25) is 9.59 Å². The van der Waals surface area contributed by atoms with Crippen molar-refractivity contribution in [1.29, 1.82) is 0 Å². The zero-order valence-electron chi connectivity index (χ0n) is 10.9. The smallest absolute Gasteiger partial charge is 0.243 e. The number of primary amides is 1. The van der Waals surface area contributed by atoms with Gasteiger partial charge in [0.25, 0.3) is 0 Å². The number of carbonyl (C=O) groups is 2. The van der Waals surface area contributed by atoms with Gasteiger partial charge in [-0.2, -0.15) is 0 Å². The molecule has 0 bridgehead atoms. The van der Waals surface area contributed by atoms with E-state index in [2.05, 4.69) is 12.2 Å². The highest BCUT2D eigenvalue weighted by Crippen LogP contribution is 2.28. The fraction of sp³-hybridized carbons (Fsp3) is 0.833. The van der Waals surface area contributed by atoms with Crippen LogP contribution >= 0.6 is 0 Å². The lowest BCUT2D eigenvalue weighted by molar-refractivity contribution is -0.128. The Morgan fingerprint density at radius 1 is 1.39 bits per heavy atom. The molecule has 6 heteroatoms. The van der Waals surface area contributed by atoms with Gasteiger partial charge in [-0.05, 0) is 18.8 Å². The molecule has 1 rings (SSSR count). The zero-order chi connectivity index (χ0) is 13.5. The summed E-state index contributed by atoms with van der Waals surface area (Å²) in [7, 11) is 0. The average Bonchev–Trinajstić information content (AvgIpc) is 2.27. The molecule has 0 spiro atoms. The normalized spacial score (nSPS) is 27.8. The minimum absolute atomic E-state index is 0.0163. The zero-order valence-corrected chi connectivity index (χ0v) is 10.9. The van der Waals surface area contributed by atoms with Crippen LogP contribution in [0.3, 0.4) is 0 Å². The second kappa shape index (κ2) is 7.33. The highest BCUT2D eigenvalue weighted by molar-refractivity contribution is 5.79. The second-order valence-corrected chi connectivity index (χ2v) is 4.91. The van der Waals surface area contributed by atoms with Gasteiger partial charge < -0.3 is 21.5 Å². The molecule has 5 N–H and O–H groups in total. The average molecular weight is 257 g/mol. The molecular weight excluding hydrogens is 234 g/mol. The van der Waals surface area contributed by atoms with Gasteiger partial charge in [-0.25, -0.2) is 0 Å². The summed E-state index contributed by atoms with van der Waals surface area (Å²) in [6.07, 6.45) is 3.04. The maximum Gasteiger partial charge on any atom is 0.243 e. The van der Waals surface area contributed by atoms with E-state index in [1.165, 1.54) is 0 Å². The van der Waals surface area contributed by atoms with E-state index < -0.39 is 5.91 Å². The maximum absolute atomic E-state index is 12.0. The molecule has 1 saturated carbocycles. The molecule has 1 aliphatic carbocycles. The Bertz CT molecular complexity index is 286. The third-order valence-corrected chi connectivity index (χ3v) is 3.36. The number of hydrogen-bond donors (Lipinski definition) is 3. The Balaban J connectivity index is 2.24. The maximum atomic E-state index is 12.0. The van der Waals surface area contributed by atoms with E-state index in [4.69, 9.17) is 16.2 Å². The summed E-state index contributed by atoms with van der Waals surface area (Å²) < 4.78 is 4.97. The minimum atomic E-state index is -0.510. The molecule has 0 aromatic rings. The van der Waals surface area contributed by atoms with Crippen LogP contribution < -0.4 is 16.8 Å². The highest BCUT2D eigenvalue weighted by Gasteiger charge is 2.33. The molecule has 0 radical (unpaired) electrons. The van der Waals surface area contributed by atoms with Gasteiger partial charge in [-0.15, -0.1) is 0 Å². The Morgan fingerprint density at radius 2 is 2.11 bits per heavy atom. The van der Waals surface area contributed by atoms with Crippen LogP contribution in [0.2, 0.25) is 0 Å². The molecule has 0 aliphatic heterocycles. The van der Waals surface area contributed by atoms with E-state index in [0.29, 0.717) is 12.5 Å². The molecule has 0 heterocycles. The Kier molecular flexibility index (Phi) is 6.07. The molecule has 18 heavy (non-hydrogen) atoms. The Morgan fingerprint density at radius 3 is 2.72 bits per heavy atom. The number of carbonyl (C=O) groups excluding carboxylic acids is 2. The summed E-state index contributed by atoms with van der Waals surface area (Å²) in [6.45, 7) is 2.61. The van der Waals surface area contributed by atoms with Crippen LogP contribution in [0.15, 0.2) is 0 Å². The summed E-state index contributed by atoms with van der Waals surface area (Å²) in [6, 6.07) is -0.0553. The van der Waals surface area contributed by atoms with Crippen LogP contribution in [0.5, 0.6) is 0 Å². The quantitative estimate of drug-likeness (QED) is 0.550. The first-order valence-electron chi connectivity index (χ1n) is 6.41. The third-order valence-electron chi connectivity index (χ3n) is 3.36. The van der Waals surface area contributed by atoms with Crippen LogP contribution in [0.25, 0.3) is 0 Å². The predicted octanol–water partition coefficient (Wildman–Crippen LogP) is -0.632. The molecule has 2 amide bonds. The van der Waals surface area contributed by atoms with Gasteiger partial charge in [0.15, 0.2) is 0 Å². The fourth-order valence-corrected chi connectivity index (χ4v) is 2.45. The summed E-state index contributed by atoms with van der Waals surface area (Å²) in [5.41, 5.74) is 10.9. The molecule has 3 unspecified atom stereocenters. The van der Waals surface area contributed by atoms with Crippen molar-refractivity contribution in [3.63, 3.8) is 0 Å². The molecule has 3 atom stereocenters. The van der Waals surface area contributed by atoms with Gasteiger partial charge in [0, 0.05) is 12.6 Å². The second-order valence-electron chi connectivity index (χ2n) is 4.91. The van der Waals surface area contributed by atoms with E-state index >= 15 is 0 Å². The minimum Gasteiger partial charge on any atom is -0.370 e. The van der Waals surface area contributed by atoms with Crippen LogP contribution in [0, 0.1) is 11.8 Å². The van der Waals surface area contributed by atoms with Crippen molar-refractivity contribution in [3.8, 4) is 0 Å². The van der Waals surface area contributed by atoms with E-state index in [1.807, 2.05) is 0 Å². The third kappa shape index (κ3) is 4.62. The molecule has 0 saturated heterocycles. The van der Waals surface area contributed by atoms with E-state index in [1.54, 1.807) is 0 Å². The predicted molar refractivity (Wildman–Crippen MR) is 67.5 cm³/mol. The molecule has 1 aliphatic rings. The van der Waals surface area contributed by atoms with Gasteiger partial charge >= 0.3 is 0 Å². The lowest BCUT2D eigenvalue weighted by Gasteiger charge is -2.33. The lowest BCUT2D eigenvalue weighted by atomic mass is 9.76. The van der Waals surface area contributed by atoms with Crippen molar-refractivity contribution in [2.45, 2.75) is 32.2 Å². The SMILES string of the molecule is CC1CCCC(N)C1C(=O)NCCOCC(N)=O. The Labute approximate surface area is 107 Å². The number of amides is 2. The van der Waals surface area contributed by atoms with Crippen molar-refractivity contribution in [2.24, 2.45) is 23.3 Å². The number of nitrogens with two attached hydrogens (primary N) is 2. The first-order chi connectivity index (χ1) is 8.52. The number of hydrogen-bond acceptors (Lipinski definition) is 4. The van der Waals surface area contributed by atoms with Crippen LogP contribution in [0.4, 0.5) is 0 Å². The van der Waals surface area contributed by atoms with Crippen LogP contribution in [-0.4, -0.2) is 37.6 Å². The molecular formula is C12H23N3O3. The van der Waals surface area contributed by atoms with E-state index in [0.717, 1.165) is 19.3 Å². The standard InChI is InChI=1S/C12H23N3O3/c1-8-3-2-4-9(13)11(8)12(17)15-5-6-18-7-10(14)16/h8-9,11H,2-7,13H2,1H3,(H2,14,16)(H,15,17). The van der Waals surface area contributed by atoms with Gasteiger partial charge in [-0.1, -0.05) is 13.3 Å². The summed E-state index contributed by atoms with van der Waals surface area (Å²) in [5.74, 6) is -0.322. The summed E-state index contributed by atoms with van der Waals surface area (Å²) >= 11 is 0. The van der Waals surface area contributed by atoms with Crippen molar-refractivity contribution < 1.29 is 14.3 Å². The largest absolute Gasteiger partial charge is 0.370 e. The fourth-order valence-electron chi connectivity index (χ4n) is 2.45. The topological polar surface area (TPSA) is 107 Å². The monoisotopic (exact) mass is 257 g/mol. The highest BCUT2D eigenvalue weighted by atomic mass is 16.5. The van der Waals surface area contributed by atoms with Crippen molar-refractivity contribution in [1.82, 2.24) is 5.32 Å². The Hall–Kier alpha value is -1.14. The lowest BCUT2D eigenvalue weighted by Crippen LogP contribution is -2.47. The van der Waals surface area contributed by atoms with E-state index in [9.17, 15) is 9.59 Å². The van der Waals surface area contributed by atoms with Gasteiger partial charge in [0.05, 0.1) is 12.5 Å². The van der Waals surface area contributed by atoms with Gasteiger partial charge in [0.2, 0.25) is 11.8 Å². The number of rotatable bonds is 6. The molecule has 0 aromatic heterocycles. The van der Waals surface area contributed by atoms with Crippen molar-refractivity contribution in [2.75, 3.05) is 19.8 Å².